The molecule has 0 aliphatic carbocycles. The lowest BCUT2D eigenvalue weighted by Crippen LogP contribution is -2.44. The molecule has 1 atom stereocenters. The first-order valence-corrected chi connectivity index (χ1v) is 5.56. The van der Waals surface area contributed by atoms with E-state index >= 15 is 0 Å². The monoisotopic (exact) mass is 253 g/mol. The molecule has 0 bridgehead atoms. The van der Waals surface area contributed by atoms with Gasteiger partial charge in [-0.15, -0.1) is 0 Å². The van der Waals surface area contributed by atoms with Gasteiger partial charge in [0.2, 0.25) is 5.91 Å². The molecule has 0 saturated carbocycles. The van der Waals surface area contributed by atoms with E-state index in [1.54, 1.807) is 0 Å². The Hall–Kier alpha value is -2.18. The fourth-order valence-corrected chi connectivity index (χ4v) is 1.83. The number of hydrogen-bond acceptors (Lipinski definition) is 4. The van der Waals surface area contributed by atoms with Crippen molar-refractivity contribution >= 4 is 17.3 Å². The van der Waals surface area contributed by atoms with Crippen LogP contribution in [-0.2, 0) is 4.79 Å². The van der Waals surface area contributed by atoms with Gasteiger partial charge >= 0.3 is 0 Å². The summed E-state index contributed by atoms with van der Waals surface area (Å²) in [6.07, 6.45) is 1.43. The van der Waals surface area contributed by atoms with E-state index < -0.39 is 16.8 Å². The molecular formula is C11H12FN3O3. The highest BCUT2D eigenvalue weighted by atomic mass is 19.1. The summed E-state index contributed by atoms with van der Waals surface area (Å²) in [5.74, 6) is -0.915. The van der Waals surface area contributed by atoms with Crippen LogP contribution in [0.3, 0.4) is 0 Å². The summed E-state index contributed by atoms with van der Waals surface area (Å²) >= 11 is 0. The summed E-state index contributed by atoms with van der Waals surface area (Å²) in [6, 6.07) is 2.82. The second kappa shape index (κ2) is 4.99. The minimum Gasteiger partial charge on any atom is -0.371 e. The Balaban J connectivity index is 2.14. The third-order valence-electron chi connectivity index (χ3n) is 2.78. The molecule has 0 radical (unpaired) electrons. The lowest BCUT2D eigenvalue weighted by atomic mass is 10.1. The number of carbonyl (C=O) groups is 1. The summed E-state index contributed by atoms with van der Waals surface area (Å²) < 4.78 is 13.6. The first-order valence-electron chi connectivity index (χ1n) is 5.56. The number of nitro groups is 1. The van der Waals surface area contributed by atoms with Crippen LogP contribution in [0.1, 0.15) is 12.8 Å². The molecule has 0 aromatic heterocycles. The lowest BCUT2D eigenvalue weighted by Gasteiger charge is -2.23. The van der Waals surface area contributed by atoms with Gasteiger partial charge in [-0.3, -0.25) is 14.9 Å². The van der Waals surface area contributed by atoms with Crippen LogP contribution in [0.4, 0.5) is 15.8 Å². The minimum atomic E-state index is -0.734. The van der Waals surface area contributed by atoms with Crippen LogP contribution in [-0.4, -0.2) is 23.4 Å². The second-order valence-corrected chi connectivity index (χ2v) is 4.05. The van der Waals surface area contributed by atoms with Crippen molar-refractivity contribution in [2.75, 3.05) is 11.9 Å². The van der Waals surface area contributed by atoms with E-state index in [1.165, 1.54) is 12.1 Å². The SMILES string of the molecule is O=C1NCCC[C@@H]1Nc1ccc([N+](=O)[O-])cc1F. The van der Waals surface area contributed by atoms with Crippen molar-refractivity contribution in [2.24, 2.45) is 0 Å². The van der Waals surface area contributed by atoms with Crippen molar-refractivity contribution in [3.05, 3.63) is 34.1 Å². The van der Waals surface area contributed by atoms with Gasteiger partial charge in [-0.05, 0) is 18.9 Å². The maximum Gasteiger partial charge on any atom is 0.272 e. The Morgan fingerprint density at radius 2 is 2.28 bits per heavy atom. The zero-order valence-corrected chi connectivity index (χ0v) is 9.48. The van der Waals surface area contributed by atoms with Gasteiger partial charge in [0.05, 0.1) is 16.7 Å². The molecule has 0 unspecified atom stereocenters. The quantitative estimate of drug-likeness (QED) is 0.630. The van der Waals surface area contributed by atoms with E-state index in [4.69, 9.17) is 0 Å². The van der Waals surface area contributed by atoms with Gasteiger partial charge in [0.25, 0.3) is 5.69 Å². The van der Waals surface area contributed by atoms with Gasteiger partial charge in [-0.2, -0.15) is 0 Å². The first kappa shape index (κ1) is 12.3. The number of benzene rings is 1. The maximum absolute atomic E-state index is 13.6. The van der Waals surface area contributed by atoms with Crippen molar-refractivity contribution in [3.63, 3.8) is 0 Å². The van der Waals surface area contributed by atoms with E-state index in [2.05, 4.69) is 10.6 Å². The Morgan fingerprint density at radius 1 is 1.50 bits per heavy atom. The smallest absolute Gasteiger partial charge is 0.272 e. The zero-order valence-electron chi connectivity index (χ0n) is 9.48. The number of hydrogen-bond donors (Lipinski definition) is 2. The van der Waals surface area contributed by atoms with E-state index in [1.807, 2.05) is 0 Å². The third-order valence-corrected chi connectivity index (χ3v) is 2.78. The summed E-state index contributed by atoms with van der Waals surface area (Å²) in [5.41, 5.74) is -0.214. The Labute approximate surface area is 102 Å². The molecule has 1 aromatic rings. The normalized spacial score (nSPS) is 19.2. The largest absolute Gasteiger partial charge is 0.371 e. The number of nitrogens with one attached hydrogen (secondary N) is 2. The van der Waals surface area contributed by atoms with Crippen LogP contribution in [0.5, 0.6) is 0 Å². The number of rotatable bonds is 3. The standard InChI is InChI=1S/C11H12FN3O3/c12-8-6-7(15(17)18)3-4-9(8)14-10-2-1-5-13-11(10)16/h3-4,6,10,14H,1-2,5H2,(H,13,16)/t10-/m0/s1. The zero-order chi connectivity index (χ0) is 13.1. The molecule has 96 valence electrons. The molecule has 1 saturated heterocycles. The summed E-state index contributed by atoms with van der Waals surface area (Å²) in [5, 5.41) is 15.9. The fraction of sp³-hybridized carbons (Fsp3) is 0.364. The Morgan fingerprint density at radius 3 is 2.89 bits per heavy atom. The van der Waals surface area contributed by atoms with Crippen molar-refractivity contribution in [1.29, 1.82) is 0 Å². The van der Waals surface area contributed by atoms with Gasteiger partial charge < -0.3 is 10.6 Å². The van der Waals surface area contributed by atoms with E-state index in [0.717, 1.165) is 12.5 Å². The van der Waals surface area contributed by atoms with Crippen LogP contribution >= 0.6 is 0 Å². The Bertz CT molecular complexity index is 492. The maximum atomic E-state index is 13.6. The van der Waals surface area contributed by atoms with Crippen LogP contribution in [0, 0.1) is 15.9 Å². The summed E-state index contributed by atoms with van der Waals surface area (Å²) in [7, 11) is 0. The number of amides is 1. The molecule has 7 heteroatoms. The summed E-state index contributed by atoms with van der Waals surface area (Å²) in [4.78, 5) is 21.3. The number of nitrogens with zero attached hydrogens (tertiary/aromatic N) is 1. The Kier molecular flexibility index (Phi) is 3.40. The lowest BCUT2D eigenvalue weighted by molar-refractivity contribution is -0.385. The van der Waals surface area contributed by atoms with Crippen LogP contribution in [0.25, 0.3) is 0 Å². The molecule has 2 rings (SSSR count). The van der Waals surface area contributed by atoms with E-state index in [0.29, 0.717) is 13.0 Å². The molecule has 0 spiro atoms. The number of anilines is 1. The number of nitro benzene ring substituents is 1. The van der Waals surface area contributed by atoms with Crippen molar-refractivity contribution < 1.29 is 14.1 Å². The average Bonchev–Trinajstić information content (AvgIpc) is 2.34. The summed E-state index contributed by atoms with van der Waals surface area (Å²) in [6.45, 7) is 0.625. The topological polar surface area (TPSA) is 84.3 Å². The van der Waals surface area contributed by atoms with E-state index in [9.17, 15) is 19.3 Å². The van der Waals surface area contributed by atoms with Crippen molar-refractivity contribution in [3.8, 4) is 0 Å². The minimum absolute atomic E-state index is 0.0997. The first-order chi connectivity index (χ1) is 8.58. The number of carbonyl (C=O) groups excluding carboxylic acids is 1. The fourth-order valence-electron chi connectivity index (χ4n) is 1.83. The molecule has 18 heavy (non-hydrogen) atoms. The molecule has 1 aliphatic rings. The number of halogens is 1. The van der Waals surface area contributed by atoms with Gasteiger partial charge in [-0.25, -0.2) is 4.39 Å². The van der Waals surface area contributed by atoms with Gasteiger partial charge in [0.1, 0.15) is 6.04 Å². The highest BCUT2D eigenvalue weighted by Gasteiger charge is 2.23. The van der Waals surface area contributed by atoms with Crippen molar-refractivity contribution in [1.82, 2.24) is 5.32 Å². The molecular weight excluding hydrogens is 241 g/mol. The molecule has 1 aromatic carbocycles. The molecule has 1 fully saturated rings. The van der Waals surface area contributed by atoms with Crippen LogP contribution in [0.15, 0.2) is 18.2 Å². The molecule has 6 nitrogen and oxygen atoms in total. The van der Waals surface area contributed by atoms with Gasteiger partial charge in [-0.1, -0.05) is 0 Å². The van der Waals surface area contributed by atoms with Gasteiger partial charge in [0, 0.05) is 12.6 Å². The van der Waals surface area contributed by atoms with Crippen LogP contribution < -0.4 is 10.6 Å². The van der Waals surface area contributed by atoms with Crippen LogP contribution in [0.2, 0.25) is 0 Å². The van der Waals surface area contributed by atoms with Crippen molar-refractivity contribution in [2.45, 2.75) is 18.9 Å². The predicted molar refractivity (Wildman–Crippen MR) is 62.7 cm³/mol. The second-order valence-electron chi connectivity index (χ2n) is 4.05. The molecule has 2 N–H and O–H groups in total. The van der Waals surface area contributed by atoms with E-state index in [-0.39, 0.29) is 17.3 Å². The predicted octanol–water partition coefficient (Wildman–Crippen LogP) is 1.42. The third kappa shape index (κ3) is 2.55. The molecule has 1 amide bonds. The number of piperidine rings is 1. The average molecular weight is 253 g/mol. The highest BCUT2D eigenvalue weighted by molar-refractivity contribution is 5.85. The van der Waals surface area contributed by atoms with Gasteiger partial charge in [0.15, 0.2) is 5.82 Å². The number of non-ortho nitro benzene ring substituents is 1. The molecule has 1 heterocycles. The molecule has 1 aliphatic heterocycles. The highest BCUT2D eigenvalue weighted by Crippen LogP contribution is 2.22.